The summed E-state index contributed by atoms with van der Waals surface area (Å²) in [5, 5.41) is 5.66. The molecule has 2 aromatic rings. The van der Waals surface area contributed by atoms with Crippen molar-refractivity contribution in [1.82, 2.24) is 10.2 Å². The topological polar surface area (TPSA) is 70.7 Å². The van der Waals surface area contributed by atoms with Gasteiger partial charge in [-0.1, -0.05) is 24.3 Å². The zero-order chi connectivity index (χ0) is 18.4. The largest absolute Gasteiger partial charge is 0.497 e. The highest BCUT2D eigenvalue weighted by atomic mass is 16.5. The summed E-state index contributed by atoms with van der Waals surface area (Å²) in [6.45, 7) is 1.82. The van der Waals surface area contributed by atoms with Crippen LogP contribution in [0.5, 0.6) is 5.75 Å². The number of methoxy groups -OCH3 is 1. The summed E-state index contributed by atoms with van der Waals surface area (Å²) < 4.78 is 5.11. The lowest BCUT2D eigenvalue weighted by atomic mass is 10.2. The summed E-state index contributed by atoms with van der Waals surface area (Å²) in [4.78, 5) is 25.7. The maximum absolute atomic E-state index is 12.1. The monoisotopic (exact) mass is 353 g/mol. The third-order valence-electron chi connectivity index (χ3n) is 4.34. The van der Waals surface area contributed by atoms with E-state index >= 15 is 0 Å². The van der Waals surface area contributed by atoms with Crippen LogP contribution in [0.4, 0.5) is 10.5 Å². The van der Waals surface area contributed by atoms with Crippen molar-refractivity contribution in [3.05, 3.63) is 59.7 Å². The molecule has 0 bridgehead atoms. The van der Waals surface area contributed by atoms with Crippen LogP contribution in [0.2, 0.25) is 0 Å². The highest BCUT2D eigenvalue weighted by Gasteiger charge is 2.19. The van der Waals surface area contributed by atoms with Crippen LogP contribution in [0, 0.1) is 0 Å². The number of hydrogen-bond donors (Lipinski definition) is 2. The number of ether oxygens (including phenoxy) is 1. The molecule has 0 aliphatic carbocycles. The van der Waals surface area contributed by atoms with Crippen LogP contribution in [0.25, 0.3) is 0 Å². The predicted molar refractivity (Wildman–Crippen MR) is 99.9 cm³/mol. The van der Waals surface area contributed by atoms with E-state index in [9.17, 15) is 9.59 Å². The summed E-state index contributed by atoms with van der Waals surface area (Å²) >= 11 is 0. The number of benzene rings is 2. The number of nitrogens with one attached hydrogen (secondary N) is 2. The number of rotatable bonds is 6. The molecule has 0 spiro atoms. The molecule has 0 unspecified atom stereocenters. The molecule has 3 rings (SSSR count). The van der Waals surface area contributed by atoms with Crippen LogP contribution in [-0.4, -0.2) is 30.5 Å². The molecule has 1 saturated heterocycles. The van der Waals surface area contributed by atoms with Gasteiger partial charge < -0.3 is 20.3 Å². The predicted octanol–water partition coefficient (Wildman–Crippen LogP) is 3.14. The van der Waals surface area contributed by atoms with E-state index in [0.29, 0.717) is 25.2 Å². The molecule has 6 heteroatoms. The molecule has 0 radical (unpaired) electrons. The summed E-state index contributed by atoms with van der Waals surface area (Å²) in [5.74, 6) is 0.979. The van der Waals surface area contributed by atoms with Gasteiger partial charge in [0.05, 0.1) is 7.11 Å². The van der Waals surface area contributed by atoms with Gasteiger partial charge in [-0.15, -0.1) is 0 Å². The SMILES string of the molecule is COc1ccc(CNC(=O)Nc2cccc(CN3CCCC3=O)c2)cc1. The molecular formula is C20H23N3O3. The van der Waals surface area contributed by atoms with E-state index in [-0.39, 0.29) is 11.9 Å². The average Bonchev–Trinajstić information content (AvgIpc) is 3.05. The molecule has 1 fully saturated rings. The Morgan fingerprint density at radius 3 is 2.65 bits per heavy atom. The first kappa shape index (κ1) is 17.8. The van der Waals surface area contributed by atoms with E-state index < -0.39 is 0 Å². The number of urea groups is 1. The van der Waals surface area contributed by atoms with Gasteiger partial charge in [0.2, 0.25) is 5.91 Å². The van der Waals surface area contributed by atoms with Crippen molar-refractivity contribution < 1.29 is 14.3 Å². The maximum Gasteiger partial charge on any atom is 0.319 e. The van der Waals surface area contributed by atoms with Crippen LogP contribution in [0.1, 0.15) is 24.0 Å². The number of likely N-dealkylation sites (tertiary alicyclic amines) is 1. The lowest BCUT2D eigenvalue weighted by Crippen LogP contribution is -2.28. The number of nitrogens with zero attached hydrogens (tertiary/aromatic N) is 1. The first-order chi connectivity index (χ1) is 12.6. The summed E-state index contributed by atoms with van der Waals surface area (Å²) in [6.07, 6.45) is 1.55. The molecule has 0 saturated carbocycles. The third kappa shape index (κ3) is 4.75. The summed E-state index contributed by atoms with van der Waals surface area (Å²) in [7, 11) is 1.62. The zero-order valence-electron chi connectivity index (χ0n) is 14.8. The molecule has 3 amide bonds. The van der Waals surface area contributed by atoms with Gasteiger partial charge in [-0.05, 0) is 41.8 Å². The lowest BCUT2D eigenvalue weighted by molar-refractivity contribution is -0.128. The van der Waals surface area contributed by atoms with Gasteiger partial charge in [0.1, 0.15) is 5.75 Å². The number of anilines is 1. The fourth-order valence-electron chi connectivity index (χ4n) is 2.94. The molecule has 1 aliphatic heterocycles. The van der Waals surface area contributed by atoms with Crippen molar-refractivity contribution >= 4 is 17.6 Å². The van der Waals surface area contributed by atoms with Crippen LogP contribution in [-0.2, 0) is 17.9 Å². The van der Waals surface area contributed by atoms with E-state index in [1.807, 2.05) is 53.4 Å². The van der Waals surface area contributed by atoms with Crippen molar-refractivity contribution in [2.24, 2.45) is 0 Å². The van der Waals surface area contributed by atoms with Crippen LogP contribution in [0.3, 0.4) is 0 Å². The highest BCUT2D eigenvalue weighted by molar-refractivity contribution is 5.89. The average molecular weight is 353 g/mol. The van der Waals surface area contributed by atoms with E-state index in [1.165, 1.54) is 0 Å². The Bertz CT molecular complexity index is 774. The first-order valence-electron chi connectivity index (χ1n) is 8.68. The minimum atomic E-state index is -0.268. The maximum atomic E-state index is 12.1. The molecule has 1 aliphatic rings. The van der Waals surface area contributed by atoms with E-state index in [4.69, 9.17) is 4.74 Å². The second-order valence-electron chi connectivity index (χ2n) is 6.27. The Morgan fingerprint density at radius 2 is 1.96 bits per heavy atom. The Morgan fingerprint density at radius 1 is 1.15 bits per heavy atom. The minimum absolute atomic E-state index is 0.195. The Balaban J connectivity index is 1.51. The number of amides is 3. The normalized spacial score (nSPS) is 13.6. The van der Waals surface area contributed by atoms with Gasteiger partial charge >= 0.3 is 6.03 Å². The van der Waals surface area contributed by atoms with Crippen molar-refractivity contribution in [3.63, 3.8) is 0 Å². The Labute approximate surface area is 153 Å². The Kier molecular flexibility index (Phi) is 5.73. The fraction of sp³-hybridized carbons (Fsp3) is 0.300. The lowest BCUT2D eigenvalue weighted by Gasteiger charge is -2.16. The van der Waals surface area contributed by atoms with Crippen LogP contribution in [0.15, 0.2) is 48.5 Å². The number of hydrogen-bond acceptors (Lipinski definition) is 3. The van der Waals surface area contributed by atoms with Crippen molar-refractivity contribution in [2.45, 2.75) is 25.9 Å². The molecule has 0 aromatic heterocycles. The van der Waals surface area contributed by atoms with Gasteiger partial charge in [-0.3, -0.25) is 4.79 Å². The molecule has 2 aromatic carbocycles. The molecular weight excluding hydrogens is 330 g/mol. The van der Waals surface area contributed by atoms with Gasteiger partial charge in [-0.25, -0.2) is 4.79 Å². The third-order valence-corrected chi connectivity index (χ3v) is 4.34. The Hall–Kier alpha value is -3.02. The number of carbonyl (C=O) groups excluding carboxylic acids is 2. The quantitative estimate of drug-likeness (QED) is 0.838. The van der Waals surface area contributed by atoms with E-state index in [0.717, 1.165) is 29.8 Å². The second kappa shape index (κ2) is 8.38. The van der Waals surface area contributed by atoms with Gasteiger partial charge in [0.25, 0.3) is 0 Å². The standard InChI is InChI=1S/C20H23N3O3/c1-26-18-9-7-15(8-10-18)13-21-20(25)22-17-5-2-4-16(12-17)14-23-11-3-6-19(23)24/h2,4-5,7-10,12H,3,6,11,13-14H2,1H3,(H2,21,22,25). The van der Waals surface area contributed by atoms with Gasteiger partial charge in [-0.2, -0.15) is 0 Å². The fourth-order valence-corrected chi connectivity index (χ4v) is 2.94. The zero-order valence-corrected chi connectivity index (χ0v) is 14.8. The smallest absolute Gasteiger partial charge is 0.319 e. The molecule has 2 N–H and O–H groups in total. The van der Waals surface area contributed by atoms with E-state index in [1.54, 1.807) is 7.11 Å². The highest BCUT2D eigenvalue weighted by Crippen LogP contribution is 2.17. The van der Waals surface area contributed by atoms with Gasteiger partial charge in [0.15, 0.2) is 0 Å². The minimum Gasteiger partial charge on any atom is -0.497 e. The van der Waals surface area contributed by atoms with Crippen LogP contribution < -0.4 is 15.4 Å². The molecule has 26 heavy (non-hydrogen) atoms. The van der Waals surface area contributed by atoms with Crippen molar-refractivity contribution in [3.8, 4) is 5.75 Å². The van der Waals surface area contributed by atoms with Crippen molar-refractivity contribution in [1.29, 1.82) is 0 Å². The number of carbonyl (C=O) groups is 2. The summed E-state index contributed by atoms with van der Waals surface area (Å²) in [6, 6.07) is 14.9. The van der Waals surface area contributed by atoms with Crippen LogP contribution >= 0.6 is 0 Å². The van der Waals surface area contributed by atoms with Crippen molar-refractivity contribution in [2.75, 3.05) is 19.0 Å². The molecule has 1 heterocycles. The van der Waals surface area contributed by atoms with E-state index in [2.05, 4.69) is 10.6 Å². The second-order valence-corrected chi connectivity index (χ2v) is 6.27. The molecule has 136 valence electrons. The van der Waals surface area contributed by atoms with Gasteiger partial charge in [0, 0.05) is 31.7 Å². The molecule has 6 nitrogen and oxygen atoms in total. The summed E-state index contributed by atoms with van der Waals surface area (Å²) in [5.41, 5.74) is 2.71. The first-order valence-corrected chi connectivity index (χ1v) is 8.68. The molecule has 0 atom stereocenters.